The minimum atomic E-state index is -0.990. The van der Waals surface area contributed by atoms with Crippen molar-refractivity contribution in [3.8, 4) is 67.8 Å². The second-order valence-electron chi connectivity index (χ2n) is 12.2. The molecule has 8 aromatic rings. The number of para-hydroxylation sites is 2. The molecule has 244 valence electrons. The van der Waals surface area contributed by atoms with Crippen molar-refractivity contribution in [3.63, 3.8) is 0 Å². The first-order valence-corrected chi connectivity index (χ1v) is 16.1. The molecule has 7 heteroatoms. The first-order valence-electron chi connectivity index (χ1n) is 16.1. The van der Waals surface area contributed by atoms with Crippen LogP contribution in [0.4, 0.5) is 11.4 Å². The average molecular weight is 657 g/mol. The van der Waals surface area contributed by atoms with E-state index in [1.807, 2.05) is 30.3 Å². The van der Waals surface area contributed by atoms with Crippen molar-refractivity contribution < 1.29 is 25.5 Å². The lowest BCUT2D eigenvalue weighted by molar-refractivity contribution is 0.330. The van der Waals surface area contributed by atoms with Gasteiger partial charge in [0.1, 0.15) is 0 Å². The maximum absolute atomic E-state index is 10.5. The molecule has 0 aliphatic rings. The topological polar surface area (TPSA) is 109 Å². The van der Waals surface area contributed by atoms with Gasteiger partial charge in [0.25, 0.3) is 0 Å². The van der Waals surface area contributed by atoms with Gasteiger partial charge < -0.3 is 35.0 Å². The Morgan fingerprint density at radius 3 is 1.72 bits per heavy atom. The van der Waals surface area contributed by atoms with E-state index in [-0.39, 0.29) is 5.56 Å². The first kappa shape index (κ1) is 30.5. The Morgan fingerprint density at radius 2 is 1.02 bits per heavy atom. The van der Waals surface area contributed by atoms with Gasteiger partial charge in [0.15, 0.2) is 11.5 Å². The van der Waals surface area contributed by atoms with E-state index in [0.717, 1.165) is 61.1 Å². The number of anilines is 2. The SMILES string of the molecule is CN(c1ccccc1)c1cc2c3ccccc3n(-c3ccc(-c4cccc(-c5c(O)c(O)c(O)c(O)c5O)c4)cc3)c2cc1-c1ccccc1. The molecule has 0 fully saturated rings. The van der Waals surface area contributed by atoms with Crippen molar-refractivity contribution in [2.24, 2.45) is 0 Å². The quantitative estimate of drug-likeness (QED) is 0.0900. The molecular formula is C43H32N2O5. The molecule has 0 aliphatic carbocycles. The van der Waals surface area contributed by atoms with Gasteiger partial charge in [-0.2, -0.15) is 0 Å². The smallest absolute Gasteiger partial charge is 0.208 e. The second-order valence-corrected chi connectivity index (χ2v) is 12.2. The number of phenolic OH excluding ortho intramolecular Hbond substituents is 5. The summed E-state index contributed by atoms with van der Waals surface area (Å²) >= 11 is 0. The highest BCUT2D eigenvalue weighted by molar-refractivity contribution is 6.12. The monoisotopic (exact) mass is 656 g/mol. The maximum Gasteiger partial charge on any atom is 0.208 e. The normalized spacial score (nSPS) is 11.3. The third-order valence-corrected chi connectivity index (χ3v) is 9.36. The molecule has 1 heterocycles. The summed E-state index contributed by atoms with van der Waals surface area (Å²) in [6, 6.07) is 48.9. The highest BCUT2D eigenvalue weighted by Crippen LogP contribution is 2.55. The number of phenols is 5. The fourth-order valence-corrected chi connectivity index (χ4v) is 6.82. The molecule has 7 aromatic carbocycles. The van der Waals surface area contributed by atoms with E-state index in [9.17, 15) is 25.5 Å². The van der Waals surface area contributed by atoms with Crippen LogP contribution in [0.5, 0.6) is 28.7 Å². The van der Waals surface area contributed by atoms with Crippen LogP contribution in [0.2, 0.25) is 0 Å². The van der Waals surface area contributed by atoms with Gasteiger partial charge in [-0.25, -0.2) is 0 Å². The van der Waals surface area contributed by atoms with Gasteiger partial charge >= 0.3 is 0 Å². The Balaban J connectivity index is 1.27. The molecule has 0 saturated carbocycles. The number of nitrogens with zero attached hydrogens (tertiary/aromatic N) is 2. The molecule has 0 radical (unpaired) electrons. The van der Waals surface area contributed by atoms with E-state index in [2.05, 4.69) is 114 Å². The van der Waals surface area contributed by atoms with Crippen molar-refractivity contribution in [2.75, 3.05) is 11.9 Å². The van der Waals surface area contributed by atoms with E-state index in [1.54, 1.807) is 18.2 Å². The third kappa shape index (κ3) is 4.91. The molecule has 8 rings (SSSR count). The third-order valence-electron chi connectivity index (χ3n) is 9.36. The lowest BCUT2D eigenvalue weighted by atomic mass is 9.97. The summed E-state index contributed by atoms with van der Waals surface area (Å²) in [6.45, 7) is 0. The molecule has 0 amide bonds. The number of hydrogen-bond donors (Lipinski definition) is 5. The lowest BCUT2D eigenvalue weighted by Gasteiger charge is -2.23. The average Bonchev–Trinajstić information content (AvgIpc) is 3.50. The Morgan fingerprint density at radius 1 is 0.440 bits per heavy atom. The highest BCUT2D eigenvalue weighted by atomic mass is 16.4. The van der Waals surface area contributed by atoms with Gasteiger partial charge in [0.05, 0.1) is 16.6 Å². The summed E-state index contributed by atoms with van der Waals surface area (Å²) < 4.78 is 2.28. The largest absolute Gasteiger partial charge is 0.504 e. The fraction of sp³-hybridized carbons (Fsp3) is 0.0233. The minimum Gasteiger partial charge on any atom is -0.504 e. The lowest BCUT2D eigenvalue weighted by Crippen LogP contribution is -2.10. The Bertz CT molecular complexity index is 2510. The molecule has 50 heavy (non-hydrogen) atoms. The van der Waals surface area contributed by atoms with E-state index >= 15 is 0 Å². The molecule has 0 spiro atoms. The van der Waals surface area contributed by atoms with Crippen LogP contribution in [-0.4, -0.2) is 37.1 Å². The number of aromatic nitrogens is 1. The van der Waals surface area contributed by atoms with E-state index in [1.165, 1.54) is 0 Å². The second kappa shape index (κ2) is 12.0. The summed E-state index contributed by atoms with van der Waals surface area (Å²) in [4.78, 5) is 2.23. The van der Waals surface area contributed by atoms with Crippen LogP contribution in [0.25, 0.3) is 60.9 Å². The predicted octanol–water partition coefficient (Wildman–Crippen LogP) is 10.1. The van der Waals surface area contributed by atoms with E-state index in [0.29, 0.717) is 5.56 Å². The number of hydrogen-bond acceptors (Lipinski definition) is 6. The molecule has 5 N–H and O–H groups in total. The molecule has 7 nitrogen and oxygen atoms in total. The standard InChI is InChI=1S/C43H32N2O5/c1-44(30-15-6-3-7-16-30)36-25-34-32-17-8-9-18-35(32)45(37(34)24-33(36)27-11-4-2-5-12-27)31-21-19-26(20-22-31)28-13-10-14-29(23-28)38-39(46)41(48)43(50)42(49)40(38)47/h2-25,46-50H,1H3. The van der Waals surface area contributed by atoms with Gasteiger partial charge in [-0.05, 0) is 70.8 Å². The molecular weight excluding hydrogens is 624 g/mol. The summed E-state index contributed by atoms with van der Waals surface area (Å²) in [5.41, 5.74) is 9.36. The zero-order chi connectivity index (χ0) is 34.5. The zero-order valence-electron chi connectivity index (χ0n) is 27.0. The summed E-state index contributed by atoms with van der Waals surface area (Å²) in [6.07, 6.45) is 0. The fourth-order valence-electron chi connectivity index (χ4n) is 6.82. The minimum absolute atomic E-state index is 0.187. The molecule has 1 aromatic heterocycles. The van der Waals surface area contributed by atoms with E-state index in [4.69, 9.17) is 0 Å². The zero-order valence-corrected chi connectivity index (χ0v) is 27.0. The van der Waals surface area contributed by atoms with Gasteiger partial charge in [0, 0.05) is 40.4 Å². The first-order chi connectivity index (χ1) is 24.3. The van der Waals surface area contributed by atoms with Crippen LogP contribution in [-0.2, 0) is 0 Å². The van der Waals surface area contributed by atoms with Gasteiger partial charge in [-0.15, -0.1) is 0 Å². The van der Waals surface area contributed by atoms with Crippen LogP contribution in [0, 0.1) is 0 Å². The summed E-state index contributed by atoms with van der Waals surface area (Å²) in [5.74, 6) is -4.28. The van der Waals surface area contributed by atoms with Crippen LogP contribution >= 0.6 is 0 Å². The van der Waals surface area contributed by atoms with Gasteiger partial charge in [-0.1, -0.05) is 97.1 Å². The van der Waals surface area contributed by atoms with Gasteiger partial charge in [-0.3, -0.25) is 0 Å². The summed E-state index contributed by atoms with van der Waals surface area (Å²) in [7, 11) is 2.10. The number of fused-ring (bicyclic) bond motifs is 3. The Hall–Kier alpha value is -6.86. The van der Waals surface area contributed by atoms with Crippen LogP contribution < -0.4 is 4.90 Å². The Kier molecular flexibility index (Phi) is 7.30. The maximum atomic E-state index is 10.5. The Labute approximate surface area is 288 Å². The van der Waals surface area contributed by atoms with Crippen molar-refractivity contribution >= 4 is 33.2 Å². The van der Waals surface area contributed by atoms with Crippen molar-refractivity contribution in [2.45, 2.75) is 0 Å². The highest BCUT2D eigenvalue weighted by Gasteiger charge is 2.24. The number of aromatic hydroxyl groups is 5. The number of benzene rings is 7. The molecule has 0 bridgehead atoms. The molecule has 0 unspecified atom stereocenters. The number of rotatable bonds is 6. The molecule has 0 aliphatic heterocycles. The van der Waals surface area contributed by atoms with E-state index < -0.39 is 28.7 Å². The summed E-state index contributed by atoms with van der Waals surface area (Å²) in [5, 5.41) is 53.4. The van der Waals surface area contributed by atoms with Crippen molar-refractivity contribution in [3.05, 3.63) is 146 Å². The molecule has 0 saturated heterocycles. The van der Waals surface area contributed by atoms with Gasteiger partial charge in [0.2, 0.25) is 17.2 Å². The van der Waals surface area contributed by atoms with Crippen molar-refractivity contribution in [1.82, 2.24) is 4.57 Å². The van der Waals surface area contributed by atoms with Crippen molar-refractivity contribution in [1.29, 1.82) is 0 Å². The van der Waals surface area contributed by atoms with Crippen LogP contribution in [0.15, 0.2) is 146 Å². The van der Waals surface area contributed by atoms with Crippen LogP contribution in [0.1, 0.15) is 0 Å². The predicted molar refractivity (Wildman–Crippen MR) is 200 cm³/mol. The molecule has 0 atom stereocenters. The van der Waals surface area contributed by atoms with Crippen LogP contribution in [0.3, 0.4) is 0 Å².